The van der Waals surface area contributed by atoms with Gasteiger partial charge in [-0.3, -0.25) is 4.79 Å². The minimum absolute atomic E-state index is 0.0469. The van der Waals surface area contributed by atoms with Gasteiger partial charge >= 0.3 is 0 Å². The fourth-order valence-electron chi connectivity index (χ4n) is 3.49. The molecule has 1 fully saturated rings. The number of carbonyl (C=O) groups is 1. The molecule has 0 aliphatic carbocycles. The Morgan fingerprint density at radius 3 is 2.89 bits per heavy atom. The molecule has 1 amide bonds. The highest BCUT2D eigenvalue weighted by Crippen LogP contribution is 2.31. The number of hydrogen-bond acceptors (Lipinski definition) is 4. The Hall–Kier alpha value is -3.15. The molecule has 1 aliphatic heterocycles. The number of likely N-dealkylation sites (tertiary alicyclic amines) is 1. The molecule has 2 aromatic rings. The van der Waals surface area contributed by atoms with Gasteiger partial charge in [-0.15, -0.1) is 0 Å². The number of aromatic nitrogens is 1. The number of nitrogens with two attached hydrogens (primary N) is 2. The van der Waals surface area contributed by atoms with Crippen molar-refractivity contribution in [2.75, 3.05) is 18.8 Å². The SMILES string of the molecule is C/C=C\C(=O)N1CCCC(c2cc(/C=C(\N)c3ccccc3O)c(N)[nH]2)C1. The van der Waals surface area contributed by atoms with Crippen molar-refractivity contribution in [3.8, 4) is 5.75 Å². The Bertz CT molecular complexity index is 882. The van der Waals surface area contributed by atoms with Gasteiger partial charge in [-0.2, -0.15) is 0 Å². The molecule has 0 radical (unpaired) electrons. The summed E-state index contributed by atoms with van der Waals surface area (Å²) in [5.41, 5.74) is 15.1. The Morgan fingerprint density at radius 1 is 1.37 bits per heavy atom. The molecule has 0 saturated carbocycles. The van der Waals surface area contributed by atoms with E-state index in [0.717, 1.165) is 30.6 Å². The number of allylic oxidation sites excluding steroid dienone is 1. The first-order valence-corrected chi connectivity index (χ1v) is 9.15. The summed E-state index contributed by atoms with van der Waals surface area (Å²) in [7, 11) is 0. The average molecular weight is 366 g/mol. The lowest BCUT2D eigenvalue weighted by atomic mass is 9.94. The Kier molecular flexibility index (Phi) is 5.54. The normalized spacial score (nSPS) is 18.2. The van der Waals surface area contributed by atoms with Gasteiger partial charge < -0.3 is 26.5 Å². The maximum absolute atomic E-state index is 12.1. The van der Waals surface area contributed by atoms with Crippen molar-refractivity contribution in [2.45, 2.75) is 25.7 Å². The van der Waals surface area contributed by atoms with Gasteiger partial charge in [0.25, 0.3) is 0 Å². The van der Waals surface area contributed by atoms with E-state index >= 15 is 0 Å². The smallest absolute Gasteiger partial charge is 0.246 e. The van der Waals surface area contributed by atoms with Crippen LogP contribution in [0.25, 0.3) is 11.8 Å². The summed E-state index contributed by atoms with van der Waals surface area (Å²) in [4.78, 5) is 17.2. The number of aromatic amines is 1. The summed E-state index contributed by atoms with van der Waals surface area (Å²) < 4.78 is 0. The van der Waals surface area contributed by atoms with Crippen molar-refractivity contribution >= 4 is 23.5 Å². The third-order valence-corrected chi connectivity index (χ3v) is 4.91. The number of nitrogens with one attached hydrogen (secondary N) is 1. The van der Waals surface area contributed by atoms with Crippen LogP contribution in [0.1, 0.15) is 42.5 Å². The van der Waals surface area contributed by atoms with Crippen molar-refractivity contribution in [3.05, 3.63) is 59.3 Å². The monoisotopic (exact) mass is 366 g/mol. The van der Waals surface area contributed by atoms with Gasteiger partial charge in [0.05, 0.1) is 0 Å². The average Bonchev–Trinajstić information content (AvgIpc) is 3.03. The van der Waals surface area contributed by atoms with E-state index in [0.29, 0.717) is 23.6 Å². The lowest BCUT2D eigenvalue weighted by Crippen LogP contribution is -2.38. The van der Waals surface area contributed by atoms with Gasteiger partial charge in [-0.25, -0.2) is 0 Å². The fraction of sp³-hybridized carbons (Fsp3) is 0.286. The van der Waals surface area contributed by atoms with E-state index in [9.17, 15) is 9.90 Å². The lowest BCUT2D eigenvalue weighted by molar-refractivity contribution is -0.127. The largest absolute Gasteiger partial charge is 0.507 e. The van der Waals surface area contributed by atoms with Crippen LogP contribution in [0.4, 0.5) is 5.82 Å². The quantitative estimate of drug-likeness (QED) is 0.624. The molecule has 0 spiro atoms. The number of H-pyrrole nitrogens is 1. The second-order valence-electron chi connectivity index (χ2n) is 6.83. The highest BCUT2D eigenvalue weighted by atomic mass is 16.3. The van der Waals surface area contributed by atoms with Crippen molar-refractivity contribution < 1.29 is 9.90 Å². The van der Waals surface area contributed by atoms with Crippen LogP contribution in [0.3, 0.4) is 0 Å². The van der Waals surface area contributed by atoms with Gasteiger partial charge in [-0.1, -0.05) is 18.2 Å². The molecule has 1 unspecified atom stereocenters. The third-order valence-electron chi connectivity index (χ3n) is 4.91. The van der Waals surface area contributed by atoms with Crippen LogP contribution in [0.15, 0.2) is 42.5 Å². The number of para-hydroxylation sites is 1. The molecule has 1 aliphatic rings. The molecule has 1 atom stereocenters. The molecule has 2 heterocycles. The molecular weight excluding hydrogens is 340 g/mol. The minimum atomic E-state index is 0.0469. The number of carbonyl (C=O) groups excluding carboxylic acids is 1. The van der Waals surface area contributed by atoms with Crippen molar-refractivity contribution in [1.82, 2.24) is 9.88 Å². The van der Waals surface area contributed by atoms with Gasteiger partial charge in [0.2, 0.25) is 5.91 Å². The maximum Gasteiger partial charge on any atom is 0.246 e. The number of piperidine rings is 1. The summed E-state index contributed by atoms with van der Waals surface area (Å²) in [6.45, 7) is 3.29. The Labute approximate surface area is 159 Å². The third kappa shape index (κ3) is 4.16. The number of phenolic OH excluding ortho intramolecular Hbond substituents is 1. The lowest BCUT2D eigenvalue weighted by Gasteiger charge is -2.31. The number of phenols is 1. The number of nitrogen functional groups attached to an aromatic ring is 1. The molecule has 0 bridgehead atoms. The number of nitrogens with zero attached hydrogens (tertiary/aromatic N) is 1. The summed E-state index contributed by atoms with van der Waals surface area (Å²) in [5.74, 6) is 0.917. The van der Waals surface area contributed by atoms with Crippen molar-refractivity contribution in [3.63, 3.8) is 0 Å². The molecule has 1 aromatic heterocycles. The van der Waals surface area contributed by atoms with Crippen molar-refractivity contribution in [1.29, 1.82) is 0 Å². The second kappa shape index (κ2) is 8.03. The standard InChI is InChI=1S/C21H26N4O2/c1-2-6-20(27)25-10-5-7-14(13-25)18-12-15(21(23)24-18)11-17(22)16-8-3-4-9-19(16)26/h2-4,6,8-9,11-12,14,24,26H,5,7,10,13,22-23H2,1H3/b6-2-,17-11-. The van der Waals surface area contributed by atoms with E-state index < -0.39 is 0 Å². The van der Waals surface area contributed by atoms with Gasteiger partial charge in [0.15, 0.2) is 0 Å². The fourth-order valence-corrected chi connectivity index (χ4v) is 3.49. The molecule has 142 valence electrons. The zero-order chi connectivity index (χ0) is 19.4. The van der Waals surface area contributed by atoms with E-state index in [1.807, 2.05) is 24.0 Å². The van der Waals surface area contributed by atoms with Crippen LogP contribution in [-0.4, -0.2) is 34.0 Å². The molecule has 27 heavy (non-hydrogen) atoms. The molecule has 1 aromatic carbocycles. The topological polar surface area (TPSA) is 108 Å². The summed E-state index contributed by atoms with van der Waals surface area (Å²) in [5, 5.41) is 9.96. The number of amides is 1. The number of aromatic hydroxyl groups is 1. The van der Waals surface area contributed by atoms with Gasteiger partial charge in [0, 0.05) is 41.5 Å². The van der Waals surface area contributed by atoms with E-state index in [2.05, 4.69) is 4.98 Å². The highest BCUT2D eigenvalue weighted by molar-refractivity contribution is 5.87. The zero-order valence-electron chi connectivity index (χ0n) is 15.5. The van der Waals surface area contributed by atoms with Crippen LogP contribution in [0, 0.1) is 0 Å². The number of hydrogen-bond donors (Lipinski definition) is 4. The van der Waals surface area contributed by atoms with Crippen LogP contribution >= 0.6 is 0 Å². The molecular formula is C21H26N4O2. The van der Waals surface area contributed by atoms with Crippen LogP contribution in [-0.2, 0) is 4.79 Å². The van der Waals surface area contributed by atoms with Gasteiger partial charge in [-0.05, 0) is 50.1 Å². The Morgan fingerprint density at radius 2 is 2.15 bits per heavy atom. The predicted molar refractivity (Wildman–Crippen MR) is 109 cm³/mol. The van der Waals surface area contributed by atoms with E-state index in [1.165, 1.54) is 0 Å². The maximum atomic E-state index is 12.1. The first-order chi connectivity index (χ1) is 13.0. The first kappa shape index (κ1) is 18.6. The van der Waals surface area contributed by atoms with Crippen LogP contribution in [0.2, 0.25) is 0 Å². The first-order valence-electron chi connectivity index (χ1n) is 9.15. The minimum Gasteiger partial charge on any atom is -0.507 e. The van der Waals surface area contributed by atoms with E-state index in [1.54, 1.807) is 36.4 Å². The molecule has 6 N–H and O–H groups in total. The highest BCUT2D eigenvalue weighted by Gasteiger charge is 2.25. The number of rotatable bonds is 4. The zero-order valence-corrected chi connectivity index (χ0v) is 15.5. The molecule has 3 rings (SSSR count). The van der Waals surface area contributed by atoms with Crippen LogP contribution < -0.4 is 11.5 Å². The van der Waals surface area contributed by atoms with E-state index in [-0.39, 0.29) is 17.6 Å². The van der Waals surface area contributed by atoms with Crippen LogP contribution in [0.5, 0.6) is 5.75 Å². The van der Waals surface area contributed by atoms with Gasteiger partial charge in [0.1, 0.15) is 11.6 Å². The molecule has 6 nitrogen and oxygen atoms in total. The van der Waals surface area contributed by atoms with Crippen molar-refractivity contribution in [2.24, 2.45) is 5.73 Å². The summed E-state index contributed by atoms with van der Waals surface area (Å²) in [6.07, 6.45) is 7.08. The number of benzene rings is 1. The van der Waals surface area contributed by atoms with E-state index in [4.69, 9.17) is 11.5 Å². The molecule has 1 saturated heterocycles. The summed E-state index contributed by atoms with van der Waals surface area (Å²) >= 11 is 0. The Balaban J connectivity index is 1.81. The molecule has 6 heteroatoms. The predicted octanol–water partition coefficient (Wildman–Crippen LogP) is 3.04. The second-order valence-corrected chi connectivity index (χ2v) is 6.83. The summed E-state index contributed by atoms with van der Waals surface area (Å²) in [6, 6.07) is 8.91. The number of anilines is 1.